The summed E-state index contributed by atoms with van der Waals surface area (Å²) in [6.07, 6.45) is -3.28. The molecule has 6 aliphatic heterocycles. The molecule has 0 spiro atoms. The number of unbranched alkanes of at least 4 members (excludes halogenated alkanes) is 10. The molecule has 6 heterocycles. The van der Waals surface area contributed by atoms with Crippen molar-refractivity contribution in [2.75, 3.05) is 19.8 Å². The Balaban J connectivity index is 0.912. The molecule has 7 aromatic rings. The Morgan fingerprint density at radius 1 is 0.415 bits per heavy atom. The quantitative estimate of drug-likeness (QED) is 0.0217. The number of nitrogens with zero attached hydrogens (tertiary/aromatic N) is 2. The maximum Gasteiger partial charge on any atom is 0.303 e. The van der Waals surface area contributed by atoms with Gasteiger partial charge in [0.1, 0.15) is 67.0 Å². The van der Waals surface area contributed by atoms with Crippen molar-refractivity contribution in [1.29, 1.82) is 0 Å². The lowest BCUT2D eigenvalue weighted by Gasteiger charge is -2.53. The molecule has 0 radical (unpaired) electrons. The van der Waals surface area contributed by atoms with Crippen LogP contribution in [0.2, 0.25) is 0 Å². The summed E-state index contributed by atoms with van der Waals surface area (Å²) in [6, 6.07) is 55.8. The monoisotopic (exact) mass is 1450 g/mol. The molecule has 0 saturated carbocycles. The van der Waals surface area contributed by atoms with Gasteiger partial charge in [-0.15, -0.1) is 0 Å². The summed E-state index contributed by atoms with van der Waals surface area (Å²) in [6.45, 7) is 2.88. The number of hydrogen-bond acceptors (Lipinski definition) is 18. The van der Waals surface area contributed by atoms with Crippen molar-refractivity contribution in [3.63, 3.8) is 0 Å². The van der Waals surface area contributed by atoms with Crippen molar-refractivity contribution in [3.8, 4) is 0 Å². The lowest BCUT2D eigenvalue weighted by Crippen LogP contribution is -2.72. The molecule has 15 atom stereocenters. The molecule has 21 heteroatoms. The molecular formula is C85H95N3O18. The number of benzene rings is 7. The molecule has 0 aromatic heterocycles. The smallest absolute Gasteiger partial charge is 0.303 e. The summed E-state index contributed by atoms with van der Waals surface area (Å²) in [7, 11) is 0. The van der Waals surface area contributed by atoms with Crippen LogP contribution in [-0.4, -0.2) is 157 Å². The van der Waals surface area contributed by atoms with Gasteiger partial charge in [0.2, 0.25) is 5.91 Å². The number of rotatable bonds is 37. The van der Waals surface area contributed by atoms with Crippen LogP contribution in [0.3, 0.4) is 0 Å². The van der Waals surface area contributed by atoms with Crippen LogP contribution in [0.4, 0.5) is 0 Å². The molecule has 21 nitrogen and oxygen atoms in total. The van der Waals surface area contributed by atoms with Crippen molar-refractivity contribution >= 4 is 35.5 Å². The van der Waals surface area contributed by atoms with Crippen LogP contribution in [0.1, 0.15) is 160 Å². The fourth-order valence-electron chi connectivity index (χ4n) is 15.1. The van der Waals surface area contributed by atoms with Gasteiger partial charge in [-0.25, -0.2) is 0 Å². The fraction of sp³-hybridized carbons (Fsp3) is 0.435. The fourth-order valence-corrected chi connectivity index (χ4v) is 15.1. The van der Waals surface area contributed by atoms with E-state index in [1.54, 1.807) is 48.5 Å². The molecule has 7 aromatic carbocycles. The van der Waals surface area contributed by atoms with Crippen LogP contribution in [0.15, 0.2) is 200 Å². The first-order chi connectivity index (χ1) is 52.0. The van der Waals surface area contributed by atoms with E-state index in [-0.39, 0.29) is 87.4 Å². The Hall–Kier alpha value is -8.68. The third kappa shape index (κ3) is 18.5. The average Bonchev–Trinajstić information content (AvgIpc) is 1.50. The van der Waals surface area contributed by atoms with E-state index in [0.717, 1.165) is 45.8 Å². The Kier molecular flexibility index (Phi) is 26.5. The predicted molar refractivity (Wildman–Crippen MR) is 389 cm³/mol. The molecule has 4 saturated heterocycles. The van der Waals surface area contributed by atoms with E-state index >= 15 is 19.2 Å². The van der Waals surface area contributed by atoms with Crippen molar-refractivity contribution in [1.82, 2.24) is 15.1 Å². The number of imide groups is 2. The van der Waals surface area contributed by atoms with E-state index in [0.29, 0.717) is 17.5 Å². The van der Waals surface area contributed by atoms with Crippen LogP contribution in [0, 0.1) is 0 Å². The first-order valence-corrected chi connectivity index (χ1v) is 37.5. The summed E-state index contributed by atoms with van der Waals surface area (Å²) < 4.78 is 83.9. The van der Waals surface area contributed by atoms with Gasteiger partial charge >= 0.3 is 5.97 Å². The van der Waals surface area contributed by atoms with Gasteiger partial charge in [-0.2, -0.15) is 0 Å². The van der Waals surface area contributed by atoms with E-state index in [4.69, 9.17) is 56.8 Å². The zero-order chi connectivity index (χ0) is 73.1. The molecule has 13 rings (SSSR count). The molecule has 0 unspecified atom stereocenters. The first kappa shape index (κ1) is 75.6. The number of ether oxygens (including phenoxy) is 12. The van der Waals surface area contributed by atoms with Crippen molar-refractivity contribution in [2.45, 2.75) is 216 Å². The maximum atomic E-state index is 15.7. The minimum Gasteiger partial charge on any atom is -0.457 e. The van der Waals surface area contributed by atoms with Gasteiger partial charge in [0, 0.05) is 13.3 Å². The number of amides is 5. The maximum absolute atomic E-state index is 15.7. The molecule has 6 aliphatic rings. The number of esters is 1. The molecule has 4 fully saturated rings. The van der Waals surface area contributed by atoms with Crippen LogP contribution in [-0.2, 0) is 99.5 Å². The summed E-state index contributed by atoms with van der Waals surface area (Å²) >= 11 is 0. The third-order valence-corrected chi connectivity index (χ3v) is 20.4. The summed E-state index contributed by atoms with van der Waals surface area (Å²) in [4.78, 5) is 92.4. The van der Waals surface area contributed by atoms with Gasteiger partial charge in [0.15, 0.2) is 25.0 Å². The Labute approximate surface area is 619 Å². The lowest BCUT2D eigenvalue weighted by atomic mass is 9.92. The van der Waals surface area contributed by atoms with Gasteiger partial charge in [-0.3, -0.25) is 38.6 Å². The van der Waals surface area contributed by atoms with Crippen LogP contribution in [0.5, 0.6) is 0 Å². The number of carbonyl (C=O) groups is 6. The highest BCUT2D eigenvalue weighted by Crippen LogP contribution is 2.43. The van der Waals surface area contributed by atoms with Gasteiger partial charge in [0.05, 0.1) is 75.1 Å². The van der Waals surface area contributed by atoms with Gasteiger partial charge in [0.25, 0.3) is 23.6 Å². The second-order valence-electron chi connectivity index (χ2n) is 27.9. The average molecular weight is 1450 g/mol. The SMILES string of the molecule is CCCCCCCCCCCCCC(=O)N[C@H]1[C@@H]2OC[C@@H](O2)[C@@H](O[C@@H]2O[C@H](COCc3ccccc3)[C@@H](O[C@@H]3O[C@H](COCc4ccccc4)[C@@H](OC(C)=O)[C@H](OCc4ccccc4)[C@H]3N3C(=O)c4ccccc4C3=O)[C@H](OCc3ccccc3)[C@H]2N2C(=O)c3ccccc3C2=O)[C@@H]1OCc1ccccc1. The zero-order valence-electron chi connectivity index (χ0n) is 60.1. The zero-order valence-corrected chi connectivity index (χ0v) is 60.1. The van der Waals surface area contributed by atoms with Crippen LogP contribution < -0.4 is 5.32 Å². The number of nitrogens with one attached hydrogen (secondary N) is 1. The van der Waals surface area contributed by atoms with E-state index < -0.39 is 122 Å². The summed E-state index contributed by atoms with van der Waals surface area (Å²) in [5, 5.41) is 3.25. The highest BCUT2D eigenvalue weighted by Gasteiger charge is 2.62. The minimum absolute atomic E-state index is 0.00448. The molecule has 5 amide bonds. The first-order valence-electron chi connectivity index (χ1n) is 37.5. The Morgan fingerprint density at radius 3 is 1.19 bits per heavy atom. The molecular weight excluding hydrogens is 1350 g/mol. The molecule has 106 heavy (non-hydrogen) atoms. The van der Waals surface area contributed by atoms with Crippen molar-refractivity contribution in [2.24, 2.45) is 0 Å². The number of hydrogen-bond donors (Lipinski definition) is 1. The molecule has 558 valence electrons. The van der Waals surface area contributed by atoms with Gasteiger partial charge < -0.3 is 62.2 Å². The second kappa shape index (κ2) is 37.2. The largest absolute Gasteiger partial charge is 0.457 e. The highest BCUT2D eigenvalue weighted by atomic mass is 16.8. The number of carbonyl (C=O) groups excluding carboxylic acids is 6. The standard InChI is InChI=1S/C85H95N3O18/c1-3-4-5-6-7-8-9-10-11-12-28-47-69(90)86-70-76(97-50-59-37-22-15-23-38-59)73(68-55-100-83(70)102-68)105-84-72(88-81(93)64-45-31-32-46-65(64)82(88)94)78(99-52-61-41-26-17-27-42-61)75(67(104-84)54-96-49-58-35-20-14-21-36-58)106-85-71(87-79(91)62-43-29-30-44-63(62)80(87)92)77(98-51-60-39-24-16-25-40-60)74(101-56(2)89)66(103-85)53-95-48-57-33-18-13-19-34-57/h13-27,29-46,66-68,70-78,83-85H,3-12,28,47-55H2,1-2H3,(H,86,90)/t66-,67-,68-,70-,71-,72-,73-,74-,75-,76-,77-,78-,83-,84+,85+/m1/s1. The van der Waals surface area contributed by atoms with Gasteiger partial charge in [-0.05, 0) is 58.5 Å². The van der Waals surface area contributed by atoms with Crippen molar-refractivity contribution < 1.29 is 85.6 Å². The van der Waals surface area contributed by atoms with E-state index in [1.807, 2.05) is 152 Å². The normalized spacial score (nSPS) is 26.1. The lowest BCUT2D eigenvalue weighted by molar-refractivity contribution is -0.360. The predicted octanol–water partition coefficient (Wildman–Crippen LogP) is 12.6. The molecule has 0 aliphatic carbocycles. The van der Waals surface area contributed by atoms with Crippen LogP contribution >= 0.6 is 0 Å². The molecule has 2 bridgehead atoms. The van der Waals surface area contributed by atoms with Crippen LogP contribution in [0.25, 0.3) is 0 Å². The summed E-state index contributed by atoms with van der Waals surface area (Å²) in [5.74, 6) is -3.78. The number of fused-ring (bicyclic) bond motifs is 4. The third-order valence-electron chi connectivity index (χ3n) is 20.4. The minimum atomic E-state index is -1.77. The van der Waals surface area contributed by atoms with Crippen molar-refractivity contribution in [3.05, 3.63) is 250 Å². The van der Waals surface area contributed by atoms with Gasteiger partial charge in [-0.1, -0.05) is 247 Å². The Bertz CT molecular complexity index is 3940. The second-order valence-corrected chi connectivity index (χ2v) is 27.9. The molecule has 1 N–H and O–H groups in total. The highest BCUT2D eigenvalue weighted by molar-refractivity contribution is 6.22. The summed E-state index contributed by atoms with van der Waals surface area (Å²) in [5.41, 5.74) is 4.25. The van der Waals surface area contributed by atoms with E-state index in [1.165, 1.54) is 51.9 Å². The topological polar surface area (TPSA) is 232 Å². The van der Waals surface area contributed by atoms with E-state index in [2.05, 4.69) is 12.2 Å². The Morgan fingerprint density at radius 2 is 0.774 bits per heavy atom. The van der Waals surface area contributed by atoms with E-state index in [9.17, 15) is 9.59 Å².